The van der Waals surface area contributed by atoms with Crippen LogP contribution in [0.4, 0.5) is 5.69 Å². The highest BCUT2D eigenvalue weighted by molar-refractivity contribution is 5.63. The zero-order chi connectivity index (χ0) is 9.40. The third kappa shape index (κ3) is 2.66. The summed E-state index contributed by atoms with van der Waals surface area (Å²) in [5.41, 5.74) is 1.74. The second-order valence-corrected chi connectivity index (χ2v) is 1.80. The number of hydrogen-bond donors (Lipinski definition) is 0. The predicted molar refractivity (Wildman–Crippen MR) is 54.9 cm³/mol. The highest BCUT2D eigenvalue weighted by Gasteiger charge is 1.91. The molecule has 0 aromatic carbocycles. The van der Waals surface area contributed by atoms with E-state index < -0.39 is 0 Å². The van der Waals surface area contributed by atoms with Gasteiger partial charge in [0.25, 0.3) is 0 Å². The number of rotatable bonds is 2. The van der Waals surface area contributed by atoms with Gasteiger partial charge in [-0.3, -0.25) is 9.98 Å². The van der Waals surface area contributed by atoms with Crippen molar-refractivity contribution in [2.75, 3.05) is 0 Å². The van der Waals surface area contributed by atoms with Crippen molar-refractivity contribution in [2.24, 2.45) is 4.99 Å². The van der Waals surface area contributed by atoms with Gasteiger partial charge in [0.2, 0.25) is 0 Å². The van der Waals surface area contributed by atoms with Crippen LogP contribution in [0.5, 0.6) is 0 Å². The molecule has 1 rings (SSSR count). The molecule has 0 radical (unpaired) electrons. The van der Waals surface area contributed by atoms with Gasteiger partial charge in [0.15, 0.2) is 0 Å². The molecule has 2 heteroatoms. The van der Waals surface area contributed by atoms with E-state index in [9.17, 15) is 0 Å². The minimum atomic E-state index is 0.775. The Hall–Kier alpha value is -1.44. The molecule has 1 aromatic heterocycles. The van der Waals surface area contributed by atoms with Crippen molar-refractivity contribution >= 4 is 18.5 Å². The average molecular weight is 162 g/mol. The van der Waals surface area contributed by atoms with Gasteiger partial charge in [0.1, 0.15) is 0 Å². The smallest absolute Gasteiger partial charge is 0.0877 e. The molecule has 0 saturated carbocycles. The number of pyridine rings is 1. The van der Waals surface area contributed by atoms with Gasteiger partial charge < -0.3 is 0 Å². The molecule has 0 aliphatic rings. The molecule has 1 aromatic rings. The summed E-state index contributed by atoms with van der Waals surface area (Å²) in [5.74, 6) is 0. The monoisotopic (exact) mass is 162 g/mol. The Morgan fingerprint density at radius 1 is 1.50 bits per heavy atom. The van der Waals surface area contributed by atoms with Crippen LogP contribution in [0, 0.1) is 0 Å². The Morgan fingerprint density at radius 2 is 2.17 bits per heavy atom. The van der Waals surface area contributed by atoms with Crippen molar-refractivity contribution in [3.05, 3.63) is 30.6 Å². The van der Waals surface area contributed by atoms with Crippen molar-refractivity contribution in [1.29, 1.82) is 0 Å². The third-order valence-electron chi connectivity index (χ3n) is 1.22. The quantitative estimate of drug-likeness (QED) is 0.613. The summed E-state index contributed by atoms with van der Waals surface area (Å²) in [7, 11) is 0. The lowest BCUT2D eigenvalue weighted by Gasteiger charge is -1.95. The Bertz CT molecular complexity index is 227. The molecule has 0 N–H and O–H groups in total. The first-order chi connectivity index (χ1) is 5.88. The molecule has 0 amide bonds. The van der Waals surface area contributed by atoms with Crippen LogP contribution >= 0.6 is 0 Å². The standard InChI is InChI=1S/C8H8N2.C2H6/c1-3-7-4-5-10-6-8(7)9-2;1-2/h3-6H,1-2H2;1-2H3. The largest absolute Gasteiger partial charge is 0.262 e. The van der Waals surface area contributed by atoms with E-state index in [1.165, 1.54) is 0 Å². The van der Waals surface area contributed by atoms with E-state index in [2.05, 4.69) is 23.3 Å². The maximum absolute atomic E-state index is 3.88. The minimum absolute atomic E-state index is 0.775. The van der Waals surface area contributed by atoms with Crippen LogP contribution in [0.1, 0.15) is 19.4 Å². The fourth-order valence-corrected chi connectivity index (χ4v) is 0.702. The third-order valence-corrected chi connectivity index (χ3v) is 1.22. The second kappa shape index (κ2) is 6.28. The molecular formula is C10H14N2. The predicted octanol–water partition coefficient (Wildman–Crippen LogP) is 3.08. The maximum atomic E-state index is 3.88. The Kier molecular flexibility index (Phi) is 5.53. The van der Waals surface area contributed by atoms with E-state index in [4.69, 9.17) is 0 Å². The molecule has 0 aliphatic carbocycles. The zero-order valence-corrected chi connectivity index (χ0v) is 7.62. The second-order valence-electron chi connectivity index (χ2n) is 1.80. The van der Waals surface area contributed by atoms with Crippen molar-refractivity contribution in [2.45, 2.75) is 13.8 Å². The molecule has 0 fully saturated rings. The van der Waals surface area contributed by atoms with Gasteiger partial charge in [-0.1, -0.05) is 26.5 Å². The molecule has 0 aliphatic heterocycles. The van der Waals surface area contributed by atoms with Crippen molar-refractivity contribution < 1.29 is 0 Å². The van der Waals surface area contributed by atoms with Gasteiger partial charge >= 0.3 is 0 Å². The van der Waals surface area contributed by atoms with Crippen LogP contribution in [0.2, 0.25) is 0 Å². The molecule has 0 bridgehead atoms. The van der Waals surface area contributed by atoms with Crippen LogP contribution in [0.15, 0.2) is 30.0 Å². The number of aliphatic imine (C=N–C) groups is 1. The molecule has 0 atom stereocenters. The lowest BCUT2D eigenvalue weighted by Crippen LogP contribution is -1.74. The first-order valence-corrected chi connectivity index (χ1v) is 3.91. The first-order valence-electron chi connectivity index (χ1n) is 3.91. The van der Waals surface area contributed by atoms with Gasteiger partial charge in [-0.2, -0.15) is 0 Å². The van der Waals surface area contributed by atoms with E-state index >= 15 is 0 Å². The minimum Gasteiger partial charge on any atom is -0.262 e. The fraction of sp³-hybridized carbons (Fsp3) is 0.200. The van der Waals surface area contributed by atoms with Crippen LogP contribution in [0.3, 0.4) is 0 Å². The summed E-state index contributed by atoms with van der Waals surface area (Å²) < 4.78 is 0. The van der Waals surface area contributed by atoms with E-state index in [0.29, 0.717) is 0 Å². The highest BCUT2D eigenvalue weighted by atomic mass is 14.7. The molecule has 0 spiro atoms. The SMILES string of the molecule is C=Cc1ccncc1N=C.CC. The van der Waals surface area contributed by atoms with E-state index in [-0.39, 0.29) is 0 Å². The van der Waals surface area contributed by atoms with Crippen LogP contribution < -0.4 is 0 Å². The molecule has 64 valence electrons. The number of aromatic nitrogens is 1. The number of hydrogen-bond acceptors (Lipinski definition) is 2. The number of nitrogens with zero attached hydrogens (tertiary/aromatic N) is 2. The van der Waals surface area contributed by atoms with Crippen LogP contribution in [-0.4, -0.2) is 11.7 Å². The summed E-state index contributed by atoms with van der Waals surface area (Å²) in [4.78, 5) is 7.64. The fourth-order valence-electron chi connectivity index (χ4n) is 0.702. The summed E-state index contributed by atoms with van der Waals surface area (Å²) >= 11 is 0. The van der Waals surface area contributed by atoms with Crippen LogP contribution in [-0.2, 0) is 0 Å². The molecule has 0 saturated heterocycles. The Morgan fingerprint density at radius 3 is 2.58 bits per heavy atom. The van der Waals surface area contributed by atoms with Gasteiger partial charge in [-0.25, -0.2) is 0 Å². The summed E-state index contributed by atoms with van der Waals surface area (Å²) in [6.45, 7) is 11.0. The lowest BCUT2D eigenvalue weighted by atomic mass is 10.2. The van der Waals surface area contributed by atoms with Crippen molar-refractivity contribution in [1.82, 2.24) is 4.98 Å². The zero-order valence-electron chi connectivity index (χ0n) is 7.62. The highest BCUT2D eigenvalue weighted by Crippen LogP contribution is 2.16. The summed E-state index contributed by atoms with van der Waals surface area (Å²) in [5, 5.41) is 0. The molecular weight excluding hydrogens is 148 g/mol. The maximum Gasteiger partial charge on any atom is 0.0877 e. The Balaban J connectivity index is 0.000000561. The van der Waals surface area contributed by atoms with E-state index in [1.54, 1.807) is 18.5 Å². The molecule has 12 heavy (non-hydrogen) atoms. The van der Waals surface area contributed by atoms with Gasteiger partial charge in [0.05, 0.1) is 11.9 Å². The summed E-state index contributed by atoms with van der Waals surface area (Å²) in [6.07, 6.45) is 5.08. The normalized spacial score (nSPS) is 7.83. The van der Waals surface area contributed by atoms with E-state index in [0.717, 1.165) is 11.3 Å². The topological polar surface area (TPSA) is 25.2 Å². The molecule has 2 nitrogen and oxygen atoms in total. The average Bonchev–Trinajstić information content (AvgIpc) is 2.20. The Labute approximate surface area is 73.7 Å². The van der Waals surface area contributed by atoms with Gasteiger partial charge in [-0.15, -0.1) is 0 Å². The van der Waals surface area contributed by atoms with Crippen molar-refractivity contribution in [3.63, 3.8) is 0 Å². The summed E-state index contributed by atoms with van der Waals surface area (Å²) in [6, 6.07) is 1.84. The van der Waals surface area contributed by atoms with Gasteiger partial charge in [0, 0.05) is 11.8 Å². The molecule has 1 heterocycles. The van der Waals surface area contributed by atoms with Crippen LogP contribution in [0.25, 0.3) is 6.08 Å². The lowest BCUT2D eigenvalue weighted by molar-refractivity contribution is 1.30. The van der Waals surface area contributed by atoms with Gasteiger partial charge in [-0.05, 0) is 12.8 Å². The van der Waals surface area contributed by atoms with E-state index in [1.807, 2.05) is 19.9 Å². The molecule has 0 unspecified atom stereocenters. The first kappa shape index (κ1) is 10.6. The van der Waals surface area contributed by atoms with Crippen molar-refractivity contribution in [3.8, 4) is 0 Å².